The Morgan fingerprint density at radius 2 is 1.69 bits per heavy atom. The lowest BCUT2D eigenvalue weighted by Crippen LogP contribution is -2.09. The van der Waals surface area contributed by atoms with Crippen molar-refractivity contribution in [1.82, 2.24) is 10.2 Å². The summed E-state index contributed by atoms with van der Waals surface area (Å²) in [5.41, 5.74) is 1.72. The van der Waals surface area contributed by atoms with Crippen molar-refractivity contribution < 1.29 is 19.0 Å². The van der Waals surface area contributed by atoms with E-state index in [2.05, 4.69) is 26.1 Å². The van der Waals surface area contributed by atoms with E-state index in [0.29, 0.717) is 22.8 Å². The molecular weight excluding hydrogens is 400 g/mol. The predicted octanol–water partition coefficient (Wildman–Crippen LogP) is 4.14. The Bertz CT molecular complexity index is 912. The normalized spacial score (nSPS) is 10.3. The van der Waals surface area contributed by atoms with E-state index in [4.69, 9.17) is 14.2 Å². The Morgan fingerprint density at radius 1 is 0.923 bits per heavy atom. The zero-order valence-electron chi connectivity index (χ0n) is 14.1. The number of hydrogen-bond donors (Lipinski definition) is 0. The summed E-state index contributed by atoms with van der Waals surface area (Å²) in [6.45, 7) is 0. The number of methoxy groups -OCH3 is 2. The fraction of sp³-hybridized carbons (Fsp3) is 0.105. The largest absolute Gasteiger partial charge is 0.497 e. The lowest BCUT2D eigenvalue weighted by molar-refractivity contribution is 0.0726. The van der Waals surface area contributed by atoms with Crippen LogP contribution in [-0.2, 0) is 0 Å². The number of carbonyl (C=O) groups excluding carboxylic acids is 1. The van der Waals surface area contributed by atoms with Crippen LogP contribution in [0.3, 0.4) is 0 Å². The van der Waals surface area contributed by atoms with Gasteiger partial charge in [-0.1, -0.05) is 15.9 Å². The van der Waals surface area contributed by atoms with Gasteiger partial charge >= 0.3 is 5.97 Å². The van der Waals surface area contributed by atoms with E-state index >= 15 is 0 Å². The number of ether oxygens (including phenoxy) is 3. The van der Waals surface area contributed by atoms with Gasteiger partial charge in [-0.05, 0) is 48.5 Å². The third kappa shape index (κ3) is 4.00. The van der Waals surface area contributed by atoms with Crippen molar-refractivity contribution in [3.05, 3.63) is 64.6 Å². The molecule has 0 N–H and O–H groups in total. The Hall–Kier alpha value is -2.93. The fourth-order valence-corrected chi connectivity index (χ4v) is 2.54. The standard InChI is InChI=1S/C19H15BrN2O4/c1-24-14-7-9-17(25-2)15(11-14)16-8-10-18(22-21-16)26-19(23)12-3-5-13(20)6-4-12/h3-11H,1-2H3. The average molecular weight is 415 g/mol. The van der Waals surface area contributed by atoms with E-state index in [1.54, 1.807) is 68.8 Å². The van der Waals surface area contributed by atoms with Crippen molar-refractivity contribution in [1.29, 1.82) is 0 Å². The summed E-state index contributed by atoms with van der Waals surface area (Å²) < 4.78 is 16.7. The first-order valence-electron chi connectivity index (χ1n) is 7.64. The zero-order valence-corrected chi connectivity index (χ0v) is 15.7. The van der Waals surface area contributed by atoms with Crippen molar-refractivity contribution in [3.8, 4) is 28.6 Å². The number of halogens is 1. The van der Waals surface area contributed by atoms with Crippen LogP contribution in [0.5, 0.6) is 17.4 Å². The summed E-state index contributed by atoms with van der Waals surface area (Å²) in [6, 6.07) is 15.5. The first-order valence-corrected chi connectivity index (χ1v) is 8.44. The second-order valence-electron chi connectivity index (χ2n) is 5.22. The van der Waals surface area contributed by atoms with Crippen molar-refractivity contribution in [2.24, 2.45) is 0 Å². The monoisotopic (exact) mass is 414 g/mol. The molecule has 0 saturated carbocycles. The average Bonchev–Trinajstić information content (AvgIpc) is 2.68. The van der Waals surface area contributed by atoms with Crippen LogP contribution in [-0.4, -0.2) is 30.4 Å². The molecule has 0 aliphatic rings. The van der Waals surface area contributed by atoms with Gasteiger partial charge in [0.25, 0.3) is 0 Å². The van der Waals surface area contributed by atoms with Crippen LogP contribution >= 0.6 is 15.9 Å². The Kier molecular flexibility index (Phi) is 5.48. The fourth-order valence-electron chi connectivity index (χ4n) is 2.27. The molecule has 0 atom stereocenters. The van der Waals surface area contributed by atoms with Crippen molar-refractivity contribution in [3.63, 3.8) is 0 Å². The van der Waals surface area contributed by atoms with Crippen LogP contribution in [0.15, 0.2) is 59.1 Å². The number of hydrogen-bond acceptors (Lipinski definition) is 6. The van der Waals surface area contributed by atoms with Gasteiger partial charge in [0, 0.05) is 16.1 Å². The molecule has 3 rings (SSSR count). The molecule has 0 amide bonds. The van der Waals surface area contributed by atoms with E-state index in [9.17, 15) is 4.79 Å². The Balaban J connectivity index is 1.80. The minimum Gasteiger partial charge on any atom is -0.497 e. The van der Waals surface area contributed by atoms with E-state index in [-0.39, 0.29) is 5.88 Å². The molecule has 2 aromatic carbocycles. The molecule has 3 aromatic rings. The predicted molar refractivity (Wildman–Crippen MR) is 99.7 cm³/mol. The van der Waals surface area contributed by atoms with Crippen molar-refractivity contribution in [2.45, 2.75) is 0 Å². The molecule has 1 heterocycles. The van der Waals surface area contributed by atoms with Crippen molar-refractivity contribution in [2.75, 3.05) is 14.2 Å². The molecule has 0 unspecified atom stereocenters. The maximum Gasteiger partial charge on any atom is 0.344 e. The van der Waals surface area contributed by atoms with Gasteiger partial charge in [-0.25, -0.2) is 4.79 Å². The topological polar surface area (TPSA) is 70.5 Å². The van der Waals surface area contributed by atoms with Gasteiger partial charge in [-0.15, -0.1) is 10.2 Å². The lowest BCUT2D eigenvalue weighted by Gasteiger charge is -2.10. The summed E-state index contributed by atoms with van der Waals surface area (Å²) in [4.78, 5) is 12.1. The van der Waals surface area contributed by atoms with Crippen LogP contribution < -0.4 is 14.2 Å². The second kappa shape index (κ2) is 7.97. The Labute approximate surface area is 158 Å². The van der Waals surface area contributed by atoms with Gasteiger partial charge in [0.1, 0.15) is 11.5 Å². The van der Waals surface area contributed by atoms with E-state index in [1.165, 1.54) is 0 Å². The van der Waals surface area contributed by atoms with Crippen LogP contribution in [0.4, 0.5) is 0 Å². The molecule has 0 aliphatic carbocycles. The second-order valence-corrected chi connectivity index (χ2v) is 6.14. The summed E-state index contributed by atoms with van der Waals surface area (Å²) in [5, 5.41) is 8.09. The first kappa shape index (κ1) is 17.9. The number of esters is 1. The van der Waals surface area contributed by atoms with Gasteiger partial charge in [0.15, 0.2) is 0 Å². The summed E-state index contributed by atoms with van der Waals surface area (Å²) in [6.07, 6.45) is 0. The molecule has 7 heteroatoms. The first-order chi connectivity index (χ1) is 12.6. The number of benzene rings is 2. The van der Waals surface area contributed by atoms with Crippen molar-refractivity contribution >= 4 is 21.9 Å². The van der Waals surface area contributed by atoms with E-state index < -0.39 is 5.97 Å². The number of aromatic nitrogens is 2. The number of rotatable bonds is 5. The highest BCUT2D eigenvalue weighted by molar-refractivity contribution is 9.10. The highest BCUT2D eigenvalue weighted by atomic mass is 79.9. The van der Waals surface area contributed by atoms with Gasteiger partial charge in [-0.3, -0.25) is 0 Å². The molecule has 132 valence electrons. The maximum absolute atomic E-state index is 12.1. The van der Waals surface area contributed by atoms with Crippen LogP contribution in [0.25, 0.3) is 11.3 Å². The molecule has 0 fully saturated rings. The van der Waals surface area contributed by atoms with Gasteiger partial charge in [0.2, 0.25) is 5.88 Å². The lowest BCUT2D eigenvalue weighted by atomic mass is 10.1. The molecular formula is C19H15BrN2O4. The van der Waals surface area contributed by atoms with E-state index in [0.717, 1.165) is 10.0 Å². The van der Waals surface area contributed by atoms with Crippen LogP contribution in [0.1, 0.15) is 10.4 Å². The van der Waals surface area contributed by atoms with Gasteiger partial charge < -0.3 is 14.2 Å². The third-order valence-corrected chi connectivity index (χ3v) is 4.13. The summed E-state index contributed by atoms with van der Waals surface area (Å²) in [7, 11) is 3.16. The molecule has 26 heavy (non-hydrogen) atoms. The highest BCUT2D eigenvalue weighted by Crippen LogP contribution is 2.32. The number of nitrogens with zero attached hydrogens (tertiary/aromatic N) is 2. The molecule has 0 radical (unpaired) electrons. The highest BCUT2D eigenvalue weighted by Gasteiger charge is 2.13. The Morgan fingerprint density at radius 3 is 2.31 bits per heavy atom. The summed E-state index contributed by atoms with van der Waals surface area (Å²) in [5.74, 6) is 0.926. The quantitative estimate of drug-likeness (QED) is 0.584. The molecule has 6 nitrogen and oxygen atoms in total. The van der Waals surface area contributed by atoms with Crippen LogP contribution in [0, 0.1) is 0 Å². The minimum atomic E-state index is -0.501. The number of carbonyl (C=O) groups is 1. The summed E-state index contributed by atoms with van der Waals surface area (Å²) >= 11 is 3.32. The maximum atomic E-state index is 12.1. The third-order valence-electron chi connectivity index (χ3n) is 3.60. The van der Waals surface area contributed by atoms with Crippen LogP contribution in [0.2, 0.25) is 0 Å². The van der Waals surface area contributed by atoms with Gasteiger partial charge in [-0.2, -0.15) is 0 Å². The van der Waals surface area contributed by atoms with E-state index in [1.807, 2.05) is 0 Å². The zero-order chi connectivity index (χ0) is 18.5. The smallest absolute Gasteiger partial charge is 0.344 e. The molecule has 0 bridgehead atoms. The SMILES string of the molecule is COc1ccc(OC)c(-c2ccc(OC(=O)c3ccc(Br)cc3)nn2)c1. The minimum absolute atomic E-state index is 0.114. The van der Waals surface area contributed by atoms with Gasteiger partial charge in [0.05, 0.1) is 25.5 Å². The molecule has 0 saturated heterocycles. The molecule has 0 spiro atoms. The molecule has 1 aromatic heterocycles. The molecule has 0 aliphatic heterocycles.